The van der Waals surface area contributed by atoms with Crippen molar-refractivity contribution in [3.05, 3.63) is 0 Å². The minimum Gasteiger partial charge on any atom is -0.376 e. The van der Waals surface area contributed by atoms with Crippen LogP contribution in [0.1, 0.15) is 12.8 Å². The van der Waals surface area contributed by atoms with Crippen molar-refractivity contribution < 1.29 is 18.3 Å². The Hall–Kier alpha value is -0.200. The van der Waals surface area contributed by atoms with Crippen molar-refractivity contribution in [3.8, 4) is 0 Å². The molecule has 0 N–H and O–H groups in total. The summed E-state index contributed by atoms with van der Waals surface area (Å²) in [5.41, 5.74) is -0.736. The summed E-state index contributed by atoms with van der Waals surface area (Å²) in [5, 5.41) is -0.279. The summed E-state index contributed by atoms with van der Waals surface area (Å²) in [6.07, 6.45) is -0.369. The van der Waals surface area contributed by atoms with E-state index in [0.717, 1.165) is 0 Å². The largest absolute Gasteiger partial charge is 0.376 e. The topological polar surface area (TPSA) is 29.5 Å². The minimum atomic E-state index is -2.58. The predicted molar refractivity (Wildman–Crippen MR) is 53.3 cm³/mol. The summed E-state index contributed by atoms with van der Waals surface area (Å²) >= 11 is 3.82. The first-order valence-corrected chi connectivity index (χ1v) is 5.35. The summed E-state index contributed by atoms with van der Waals surface area (Å²) in [5.74, 6) is -2.58. The van der Waals surface area contributed by atoms with Gasteiger partial charge in [-0.3, -0.25) is 9.69 Å². The monoisotopic (exact) mass is 237 g/mol. The van der Waals surface area contributed by atoms with Crippen molar-refractivity contribution in [1.82, 2.24) is 4.90 Å². The molecule has 0 amide bonds. The number of nitrogens with zero attached hydrogens (tertiary/aromatic N) is 1. The van der Waals surface area contributed by atoms with Gasteiger partial charge in [0.25, 0.3) is 5.92 Å². The first-order valence-electron chi connectivity index (χ1n) is 4.90. The number of alkyl halides is 2. The highest BCUT2D eigenvalue weighted by Crippen LogP contribution is 2.35. The molecular weight excluding hydrogens is 224 g/mol. The Balaban J connectivity index is 2.03. The Morgan fingerprint density at radius 3 is 2.13 bits per heavy atom. The fraction of sp³-hybridized carbons (Fsp3) is 0.889. The molecule has 86 valence electrons. The van der Waals surface area contributed by atoms with E-state index in [1.54, 1.807) is 4.90 Å². The molecule has 3 nitrogen and oxygen atoms in total. The van der Waals surface area contributed by atoms with Crippen LogP contribution < -0.4 is 0 Å². The van der Waals surface area contributed by atoms with E-state index in [2.05, 4.69) is 12.6 Å². The number of halogens is 2. The second-order valence-electron chi connectivity index (χ2n) is 4.17. The first-order chi connectivity index (χ1) is 6.96. The van der Waals surface area contributed by atoms with Crippen LogP contribution >= 0.6 is 12.6 Å². The first kappa shape index (κ1) is 11.3. The number of hydrogen-bond donors (Lipinski definition) is 1. The lowest BCUT2D eigenvalue weighted by Gasteiger charge is -2.49. The molecule has 2 aliphatic rings. The van der Waals surface area contributed by atoms with E-state index in [-0.39, 0.29) is 44.3 Å². The van der Waals surface area contributed by atoms with Crippen LogP contribution in [-0.4, -0.2) is 47.8 Å². The lowest BCUT2D eigenvalue weighted by molar-refractivity contribution is -0.173. The zero-order valence-corrected chi connectivity index (χ0v) is 9.10. The van der Waals surface area contributed by atoms with Crippen molar-refractivity contribution in [2.45, 2.75) is 24.3 Å². The highest BCUT2D eigenvalue weighted by atomic mass is 32.1. The van der Waals surface area contributed by atoms with E-state index < -0.39 is 11.5 Å². The Bertz CT molecular complexity index is 271. The summed E-state index contributed by atoms with van der Waals surface area (Å²) in [6, 6.07) is 0. The number of thiol groups is 1. The van der Waals surface area contributed by atoms with Crippen LogP contribution in [0.2, 0.25) is 0 Å². The highest BCUT2D eigenvalue weighted by molar-refractivity contribution is 7.96. The molecular formula is C9H13F2NO2S. The van der Waals surface area contributed by atoms with Gasteiger partial charge in [-0.1, -0.05) is 0 Å². The number of ether oxygens (including phenoxy) is 1. The lowest BCUT2D eigenvalue weighted by atomic mass is 9.92. The zero-order chi connectivity index (χ0) is 11.1. The molecule has 6 heteroatoms. The molecule has 0 aromatic heterocycles. The normalized spacial score (nSPS) is 29.5. The average molecular weight is 237 g/mol. The van der Waals surface area contributed by atoms with Gasteiger partial charge in [0.05, 0.1) is 13.2 Å². The maximum Gasteiger partial charge on any atom is 0.250 e. The second-order valence-corrected chi connectivity index (χ2v) is 4.58. The van der Waals surface area contributed by atoms with Crippen LogP contribution in [0.5, 0.6) is 0 Å². The van der Waals surface area contributed by atoms with Gasteiger partial charge in [0, 0.05) is 25.9 Å². The van der Waals surface area contributed by atoms with Gasteiger partial charge in [0.2, 0.25) is 5.12 Å². The van der Waals surface area contributed by atoms with Crippen molar-refractivity contribution in [3.63, 3.8) is 0 Å². The number of rotatable bonds is 2. The fourth-order valence-electron chi connectivity index (χ4n) is 2.00. The third kappa shape index (κ3) is 1.90. The third-order valence-electron chi connectivity index (χ3n) is 3.18. The van der Waals surface area contributed by atoms with Crippen LogP contribution in [0, 0.1) is 0 Å². The molecule has 0 unspecified atom stereocenters. The lowest BCUT2D eigenvalue weighted by Crippen LogP contribution is -2.67. The maximum absolute atomic E-state index is 12.9. The van der Waals surface area contributed by atoms with Gasteiger partial charge < -0.3 is 4.74 Å². The molecule has 2 heterocycles. The smallest absolute Gasteiger partial charge is 0.250 e. The van der Waals surface area contributed by atoms with Gasteiger partial charge in [-0.05, 0) is 0 Å². The molecule has 0 atom stereocenters. The van der Waals surface area contributed by atoms with E-state index in [1.807, 2.05) is 0 Å². The molecule has 2 aliphatic heterocycles. The SMILES string of the molecule is O=C(S)C1(N2CCC(F)(F)CC2)COC1. The fourth-order valence-corrected chi connectivity index (χ4v) is 2.27. The summed E-state index contributed by atoms with van der Waals surface area (Å²) in [7, 11) is 0. The Kier molecular flexibility index (Phi) is 2.77. The molecule has 15 heavy (non-hydrogen) atoms. The molecule has 0 aliphatic carbocycles. The van der Waals surface area contributed by atoms with Crippen molar-refractivity contribution >= 4 is 17.7 Å². The maximum atomic E-state index is 12.9. The molecule has 0 aromatic carbocycles. The molecule has 0 spiro atoms. The molecule has 0 aromatic rings. The zero-order valence-electron chi connectivity index (χ0n) is 8.21. The van der Waals surface area contributed by atoms with Crippen LogP contribution in [0.4, 0.5) is 8.78 Å². The molecule has 0 saturated carbocycles. The second kappa shape index (κ2) is 3.68. The Morgan fingerprint density at radius 1 is 1.27 bits per heavy atom. The van der Waals surface area contributed by atoms with Gasteiger partial charge in [-0.25, -0.2) is 8.78 Å². The van der Waals surface area contributed by atoms with Crippen LogP contribution in [-0.2, 0) is 9.53 Å². The van der Waals surface area contributed by atoms with E-state index in [9.17, 15) is 13.6 Å². The highest BCUT2D eigenvalue weighted by Gasteiger charge is 2.51. The van der Waals surface area contributed by atoms with E-state index in [0.29, 0.717) is 0 Å². The molecule has 0 radical (unpaired) electrons. The van der Waals surface area contributed by atoms with Crippen LogP contribution in [0.25, 0.3) is 0 Å². The number of carbonyl (C=O) groups is 1. The quantitative estimate of drug-likeness (QED) is 0.725. The summed E-state index contributed by atoms with van der Waals surface area (Å²) < 4.78 is 30.9. The number of likely N-dealkylation sites (tertiary alicyclic amines) is 1. The van der Waals surface area contributed by atoms with Crippen molar-refractivity contribution in [1.29, 1.82) is 0 Å². The Labute approximate surface area is 92.2 Å². The average Bonchev–Trinajstić information content (AvgIpc) is 2.05. The predicted octanol–water partition coefficient (Wildman–Crippen LogP) is 0.943. The van der Waals surface area contributed by atoms with Crippen LogP contribution in [0.15, 0.2) is 0 Å². The minimum absolute atomic E-state index is 0.185. The summed E-state index contributed by atoms with van der Waals surface area (Å²) in [6.45, 7) is 1.03. The van der Waals surface area contributed by atoms with Gasteiger partial charge in [0.1, 0.15) is 5.54 Å². The molecule has 2 fully saturated rings. The summed E-state index contributed by atoms with van der Waals surface area (Å²) in [4.78, 5) is 13.1. The third-order valence-corrected chi connectivity index (χ3v) is 3.60. The number of hydrogen-bond acceptors (Lipinski definition) is 3. The van der Waals surface area contributed by atoms with Gasteiger partial charge in [0.15, 0.2) is 0 Å². The number of carbonyl (C=O) groups excluding carboxylic acids is 1. The molecule has 0 bridgehead atoms. The molecule has 2 rings (SSSR count). The van der Waals surface area contributed by atoms with Crippen molar-refractivity contribution in [2.24, 2.45) is 0 Å². The number of piperidine rings is 1. The van der Waals surface area contributed by atoms with Gasteiger partial charge >= 0.3 is 0 Å². The van der Waals surface area contributed by atoms with Gasteiger partial charge in [-0.2, -0.15) is 0 Å². The van der Waals surface area contributed by atoms with Crippen LogP contribution in [0.3, 0.4) is 0 Å². The standard InChI is InChI=1S/C9H13F2NO2S/c10-9(11)1-3-12(4-2-9)8(7(13)15)5-14-6-8/h1-6H2,(H,13,15). The van der Waals surface area contributed by atoms with E-state index in [4.69, 9.17) is 4.74 Å². The van der Waals surface area contributed by atoms with E-state index >= 15 is 0 Å². The Morgan fingerprint density at radius 2 is 1.80 bits per heavy atom. The van der Waals surface area contributed by atoms with Crippen molar-refractivity contribution in [2.75, 3.05) is 26.3 Å². The van der Waals surface area contributed by atoms with E-state index in [1.165, 1.54) is 0 Å². The van der Waals surface area contributed by atoms with Gasteiger partial charge in [-0.15, -0.1) is 12.6 Å². The molecule has 2 saturated heterocycles.